The quantitative estimate of drug-likeness (QED) is 0.758. The fourth-order valence-electron chi connectivity index (χ4n) is 2.93. The second-order valence-corrected chi connectivity index (χ2v) is 6.82. The van der Waals surface area contributed by atoms with Gasteiger partial charge in [0.2, 0.25) is 5.78 Å². The molecular formula is C18H15ClO3S. The highest BCUT2D eigenvalue weighted by molar-refractivity contribution is 7.12. The van der Waals surface area contributed by atoms with Crippen molar-refractivity contribution in [1.29, 1.82) is 0 Å². The molecule has 0 fully saturated rings. The van der Waals surface area contributed by atoms with Crippen molar-refractivity contribution in [1.82, 2.24) is 0 Å². The smallest absolute Gasteiger partial charge is 0.214 e. The number of rotatable bonds is 4. The van der Waals surface area contributed by atoms with Crippen molar-refractivity contribution in [3.05, 3.63) is 68.6 Å². The maximum absolute atomic E-state index is 12.8. The third-order valence-electron chi connectivity index (χ3n) is 3.93. The van der Waals surface area contributed by atoms with Gasteiger partial charge < -0.3 is 4.74 Å². The molecule has 23 heavy (non-hydrogen) atoms. The Morgan fingerprint density at radius 3 is 2.43 bits per heavy atom. The highest BCUT2D eigenvalue weighted by atomic mass is 35.5. The van der Waals surface area contributed by atoms with Gasteiger partial charge in [-0.3, -0.25) is 9.59 Å². The van der Waals surface area contributed by atoms with Gasteiger partial charge in [-0.25, -0.2) is 0 Å². The van der Waals surface area contributed by atoms with Gasteiger partial charge in [0, 0.05) is 10.6 Å². The lowest BCUT2D eigenvalue weighted by atomic mass is 9.84. The van der Waals surface area contributed by atoms with Gasteiger partial charge in [0.25, 0.3) is 0 Å². The van der Waals surface area contributed by atoms with E-state index < -0.39 is 12.0 Å². The van der Waals surface area contributed by atoms with Crippen LogP contribution in [0.5, 0.6) is 0 Å². The van der Waals surface area contributed by atoms with Crippen molar-refractivity contribution >= 4 is 34.5 Å². The number of ether oxygens (including phenoxy) is 1. The van der Waals surface area contributed by atoms with E-state index in [0.29, 0.717) is 21.2 Å². The molecular weight excluding hydrogens is 332 g/mol. The Hall–Kier alpha value is -1.91. The first-order chi connectivity index (χ1) is 11.0. The first-order valence-electron chi connectivity index (χ1n) is 7.20. The van der Waals surface area contributed by atoms with Gasteiger partial charge in [0.05, 0.1) is 10.8 Å². The van der Waals surface area contributed by atoms with Crippen LogP contribution in [0.3, 0.4) is 0 Å². The molecule has 2 aromatic rings. The summed E-state index contributed by atoms with van der Waals surface area (Å²) in [5.41, 5.74) is 1.41. The van der Waals surface area contributed by atoms with Gasteiger partial charge in [0.15, 0.2) is 11.9 Å². The van der Waals surface area contributed by atoms with Crippen LogP contribution in [0, 0.1) is 0 Å². The number of carbonyl (C=O) groups excluding carboxylic acids is 2. The van der Waals surface area contributed by atoms with E-state index in [4.69, 9.17) is 16.3 Å². The molecule has 0 saturated carbocycles. The van der Waals surface area contributed by atoms with Crippen LogP contribution in [0.15, 0.2) is 53.1 Å². The molecule has 1 aliphatic rings. The molecule has 0 unspecified atom stereocenters. The summed E-state index contributed by atoms with van der Waals surface area (Å²) >= 11 is 7.32. The predicted octanol–water partition coefficient (Wildman–Crippen LogP) is 4.63. The number of thiophene rings is 1. The minimum atomic E-state index is -0.714. The highest BCUT2D eigenvalue weighted by Crippen LogP contribution is 2.41. The van der Waals surface area contributed by atoms with Crippen LogP contribution >= 0.6 is 22.9 Å². The number of hydrogen-bond acceptors (Lipinski definition) is 4. The summed E-state index contributed by atoms with van der Waals surface area (Å²) in [5.74, 6) is -0.0637. The highest BCUT2D eigenvalue weighted by Gasteiger charge is 2.43. The predicted molar refractivity (Wildman–Crippen MR) is 91.1 cm³/mol. The molecule has 0 saturated heterocycles. The van der Waals surface area contributed by atoms with E-state index in [0.717, 1.165) is 5.56 Å². The summed E-state index contributed by atoms with van der Waals surface area (Å²) in [6.45, 7) is 3.24. The standard InChI is InChI=1S/C18H15ClO3S/c1-10(20)15-11(2)22-18(17(21)14-4-3-9-23-14)16(15)12-5-7-13(19)8-6-12/h3-9,16,18H,1-2H3/t16-,18-/m0/s1. The van der Waals surface area contributed by atoms with Crippen LogP contribution in [0.4, 0.5) is 0 Å². The average Bonchev–Trinajstić information content (AvgIpc) is 3.15. The maximum atomic E-state index is 12.8. The normalized spacial score (nSPS) is 20.5. The van der Waals surface area contributed by atoms with Crippen molar-refractivity contribution in [3.8, 4) is 0 Å². The molecule has 1 aromatic heterocycles. The van der Waals surface area contributed by atoms with E-state index in [1.807, 2.05) is 23.6 Å². The lowest BCUT2D eigenvalue weighted by Gasteiger charge is -2.19. The topological polar surface area (TPSA) is 43.4 Å². The third kappa shape index (κ3) is 2.96. The van der Waals surface area contributed by atoms with Crippen molar-refractivity contribution < 1.29 is 14.3 Å². The number of ketones is 2. The molecule has 118 valence electrons. The van der Waals surface area contributed by atoms with Gasteiger partial charge in [-0.05, 0) is 43.0 Å². The van der Waals surface area contributed by atoms with Crippen LogP contribution in [0.2, 0.25) is 5.02 Å². The van der Waals surface area contributed by atoms with Crippen LogP contribution in [-0.4, -0.2) is 17.7 Å². The van der Waals surface area contributed by atoms with E-state index in [1.165, 1.54) is 18.3 Å². The molecule has 1 aliphatic heterocycles. The Kier molecular flexibility index (Phi) is 4.37. The molecule has 1 aromatic carbocycles. The summed E-state index contributed by atoms with van der Waals surface area (Å²) in [6.07, 6.45) is -0.714. The van der Waals surface area contributed by atoms with E-state index >= 15 is 0 Å². The zero-order valence-corrected chi connectivity index (χ0v) is 14.3. The number of Topliss-reactive ketones (excluding diaryl/α,β-unsaturated/α-hetero) is 2. The molecule has 0 radical (unpaired) electrons. The summed E-state index contributed by atoms with van der Waals surface area (Å²) in [6, 6.07) is 10.8. The van der Waals surface area contributed by atoms with Crippen molar-refractivity contribution in [2.24, 2.45) is 0 Å². The molecule has 2 heterocycles. The van der Waals surface area contributed by atoms with Crippen LogP contribution in [0.25, 0.3) is 0 Å². The molecule has 5 heteroatoms. The Morgan fingerprint density at radius 1 is 1.17 bits per heavy atom. The van der Waals surface area contributed by atoms with Gasteiger partial charge in [0.1, 0.15) is 5.76 Å². The summed E-state index contributed by atoms with van der Waals surface area (Å²) in [4.78, 5) is 25.5. The number of hydrogen-bond donors (Lipinski definition) is 0. The van der Waals surface area contributed by atoms with Gasteiger partial charge in [-0.15, -0.1) is 11.3 Å². The Labute approximate surface area is 143 Å². The first kappa shape index (κ1) is 16.0. The number of halogens is 1. The third-order valence-corrected chi connectivity index (χ3v) is 5.06. The molecule has 0 amide bonds. The monoisotopic (exact) mass is 346 g/mol. The fraction of sp³-hybridized carbons (Fsp3) is 0.222. The first-order valence-corrected chi connectivity index (χ1v) is 8.46. The summed E-state index contributed by atoms with van der Waals surface area (Å²) in [5, 5.41) is 2.46. The van der Waals surface area contributed by atoms with Gasteiger partial charge in [-0.2, -0.15) is 0 Å². The Bertz CT molecular complexity index is 775. The van der Waals surface area contributed by atoms with Gasteiger partial charge >= 0.3 is 0 Å². The maximum Gasteiger partial charge on any atom is 0.214 e. The lowest BCUT2D eigenvalue weighted by Crippen LogP contribution is -2.27. The molecule has 0 spiro atoms. The summed E-state index contributed by atoms with van der Waals surface area (Å²) in [7, 11) is 0. The number of allylic oxidation sites excluding steroid dienone is 1. The molecule has 2 atom stereocenters. The van der Waals surface area contributed by atoms with Crippen molar-refractivity contribution in [3.63, 3.8) is 0 Å². The second kappa shape index (κ2) is 6.30. The van der Waals surface area contributed by atoms with Crippen LogP contribution < -0.4 is 0 Å². The molecule has 0 bridgehead atoms. The van der Waals surface area contributed by atoms with Crippen LogP contribution in [-0.2, 0) is 9.53 Å². The molecule has 3 rings (SSSR count). The molecule has 3 nitrogen and oxygen atoms in total. The second-order valence-electron chi connectivity index (χ2n) is 5.44. The van der Waals surface area contributed by atoms with E-state index in [-0.39, 0.29) is 11.6 Å². The lowest BCUT2D eigenvalue weighted by molar-refractivity contribution is -0.113. The van der Waals surface area contributed by atoms with Crippen molar-refractivity contribution in [2.45, 2.75) is 25.9 Å². The average molecular weight is 347 g/mol. The van der Waals surface area contributed by atoms with E-state index in [1.54, 1.807) is 25.1 Å². The summed E-state index contributed by atoms with van der Waals surface area (Å²) < 4.78 is 5.80. The van der Waals surface area contributed by atoms with E-state index in [9.17, 15) is 9.59 Å². The molecule has 0 aliphatic carbocycles. The largest absolute Gasteiger partial charge is 0.485 e. The minimum Gasteiger partial charge on any atom is -0.485 e. The van der Waals surface area contributed by atoms with Crippen LogP contribution in [0.1, 0.15) is 35.0 Å². The Balaban J connectivity index is 2.05. The SMILES string of the molecule is CC(=O)C1=C(C)O[C@H](C(=O)c2cccs2)[C@H]1c1ccc(Cl)cc1. The minimum absolute atomic E-state index is 0.0797. The Morgan fingerprint density at radius 2 is 1.87 bits per heavy atom. The molecule has 0 N–H and O–H groups in total. The number of benzene rings is 1. The fourth-order valence-corrected chi connectivity index (χ4v) is 3.75. The van der Waals surface area contributed by atoms with Crippen molar-refractivity contribution in [2.75, 3.05) is 0 Å². The zero-order chi connectivity index (χ0) is 16.6. The van der Waals surface area contributed by atoms with E-state index in [2.05, 4.69) is 0 Å². The number of carbonyl (C=O) groups is 2. The zero-order valence-electron chi connectivity index (χ0n) is 12.7. The van der Waals surface area contributed by atoms with Gasteiger partial charge in [-0.1, -0.05) is 29.8 Å².